The molecule has 3 aliphatic heterocycles. The van der Waals surface area contributed by atoms with Gasteiger partial charge in [0.1, 0.15) is 23.7 Å². The molecule has 2 saturated heterocycles. The fourth-order valence-corrected chi connectivity index (χ4v) is 7.98. The number of nitrogens with zero attached hydrogens (tertiary/aromatic N) is 1. The van der Waals surface area contributed by atoms with E-state index in [9.17, 15) is 19.5 Å². The molecule has 158 valence electrons. The third-order valence-electron chi connectivity index (χ3n) is 4.94. The highest BCUT2D eigenvalue weighted by molar-refractivity contribution is 8.21. The number of benzene rings is 1. The number of halogens is 1. The van der Waals surface area contributed by atoms with Gasteiger partial charge in [0.2, 0.25) is 5.91 Å². The topological polar surface area (TPSA) is 95.9 Å². The van der Waals surface area contributed by atoms with E-state index in [1.807, 2.05) is 6.08 Å². The molecule has 0 aliphatic carbocycles. The number of thioether (sulfide) groups is 2. The minimum Gasteiger partial charge on any atom is -0.480 e. The van der Waals surface area contributed by atoms with Gasteiger partial charge in [-0.05, 0) is 24.3 Å². The maximum absolute atomic E-state index is 12.9. The number of carboxylic acid groups (broad SMARTS) is 1. The van der Waals surface area contributed by atoms with Gasteiger partial charge in [0, 0.05) is 17.2 Å². The van der Waals surface area contributed by atoms with E-state index in [2.05, 4.69) is 5.32 Å². The maximum Gasteiger partial charge on any atom is 0.328 e. The number of rotatable bonds is 6. The Morgan fingerprint density at radius 2 is 2.13 bits per heavy atom. The van der Waals surface area contributed by atoms with Gasteiger partial charge >= 0.3 is 5.97 Å². The quantitative estimate of drug-likeness (QED) is 0.361. The van der Waals surface area contributed by atoms with E-state index in [0.717, 1.165) is 16.3 Å². The highest BCUT2D eigenvalue weighted by Crippen LogP contribution is 2.52. The molecule has 2 N–H and O–H groups in total. The van der Waals surface area contributed by atoms with Crippen molar-refractivity contribution in [1.82, 2.24) is 10.2 Å². The number of nitrogens with one attached hydrogen (secondary N) is 1. The molecule has 3 heterocycles. The van der Waals surface area contributed by atoms with Crippen LogP contribution in [0.3, 0.4) is 0 Å². The molecular formula is C19H17ClN2O5S3. The second kappa shape index (κ2) is 8.78. The molecule has 11 heteroatoms. The standard InChI is InChI=1S/C19H17ClN2O5S3/c20-9-19(29-12-7-4-8-27-30-12)10-28-17-13(16(24)22(17)14(19)18(25)26)21-15(23)11-5-2-1-3-6-11/h1-8,13-14,17H,9-10H2,(H,21,23)(H,25,26)/t13-,14-,17-,19+/m0/s1. The monoisotopic (exact) mass is 484 g/mol. The summed E-state index contributed by atoms with van der Waals surface area (Å²) in [6.45, 7) is 0. The van der Waals surface area contributed by atoms with Crippen molar-refractivity contribution in [2.45, 2.75) is 22.2 Å². The first-order valence-corrected chi connectivity index (χ1v) is 12.1. The summed E-state index contributed by atoms with van der Waals surface area (Å²) in [5.41, 5.74) is 0.444. The average Bonchev–Trinajstić information content (AvgIpc) is 2.78. The number of alkyl halides is 1. The van der Waals surface area contributed by atoms with Crippen LogP contribution in [0.2, 0.25) is 0 Å². The Labute approximate surface area is 190 Å². The SMILES string of the molecule is O=C(N[C@H]1C(=O)N2[C@@H](C(=O)O)[C@](CCl)(SC3=CC=COS3)CS[C@@H]12)c1ccccc1. The van der Waals surface area contributed by atoms with E-state index in [4.69, 9.17) is 15.8 Å². The predicted molar refractivity (Wildman–Crippen MR) is 119 cm³/mol. The van der Waals surface area contributed by atoms with E-state index < -0.39 is 34.1 Å². The summed E-state index contributed by atoms with van der Waals surface area (Å²) in [5.74, 6) is -1.45. The number of fused-ring (bicyclic) bond motifs is 1. The molecule has 1 aromatic rings. The maximum atomic E-state index is 12.9. The predicted octanol–water partition coefficient (Wildman–Crippen LogP) is 2.90. The summed E-state index contributed by atoms with van der Waals surface area (Å²) < 4.78 is 5.06. The summed E-state index contributed by atoms with van der Waals surface area (Å²) in [6.07, 6.45) is 5.07. The lowest BCUT2D eigenvalue weighted by Crippen LogP contribution is -2.79. The van der Waals surface area contributed by atoms with Crippen molar-refractivity contribution in [2.75, 3.05) is 11.6 Å². The van der Waals surface area contributed by atoms with Gasteiger partial charge in [-0.2, -0.15) is 0 Å². The second-order valence-corrected chi connectivity index (χ2v) is 10.7. The van der Waals surface area contributed by atoms with Gasteiger partial charge in [-0.15, -0.1) is 35.1 Å². The third-order valence-corrected chi connectivity index (χ3v) is 9.50. The Morgan fingerprint density at radius 3 is 2.77 bits per heavy atom. The van der Waals surface area contributed by atoms with Crippen LogP contribution < -0.4 is 5.32 Å². The molecule has 0 radical (unpaired) electrons. The van der Waals surface area contributed by atoms with Crippen LogP contribution >= 0.6 is 47.2 Å². The molecule has 0 spiro atoms. The van der Waals surface area contributed by atoms with Crippen LogP contribution in [0.5, 0.6) is 0 Å². The lowest BCUT2D eigenvalue weighted by Gasteiger charge is -2.57. The van der Waals surface area contributed by atoms with E-state index >= 15 is 0 Å². The molecule has 0 aromatic heterocycles. The Bertz CT molecular complexity index is 928. The molecule has 0 saturated carbocycles. The van der Waals surface area contributed by atoms with E-state index in [1.165, 1.54) is 34.7 Å². The minimum atomic E-state index is -1.12. The summed E-state index contributed by atoms with van der Waals surface area (Å²) in [4.78, 5) is 38.9. The molecule has 4 atom stereocenters. The number of β-lactam (4-membered cyclic amide) rings is 1. The fraction of sp³-hybridized carbons (Fsp3) is 0.316. The normalized spacial score (nSPS) is 29.9. The van der Waals surface area contributed by atoms with Crippen molar-refractivity contribution in [3.63, 3.8) is 0 Å². The number of carboxylic acids is 1. The highest BCUT2D eigenvalue weighted by Gasteiger charge is 2.63. The Kier molecular flexibility index (Phi) is 6.29. The first-order chi connectivity index (χ1) is 14.5. The van der Waals surface area contributed by atoms with Crippen LogP contribution in [-0.4, -0.2) is 61.6 Å². The van der Waals surface area contributed by atoms with Crippen molar-refractivity contribution < 1.29 is 23.7 Å². The Hall–Kier alpha value is -1.75. The van der Waals surface area contributed by atoms with Gasteiger partial charge in [-0.3, -0.25) is 9.59 Å². The van der Waals surface area contributed by atoms with Crippen LogP contribution in [0.4, 0.5) is 0 Å². The van der Waals surface area contributed by atoms with Crippen molar-refractivity contribution in [3.8, 4) is 0 Å². The molecule has 4 rings (SSSR count). The van der Waals surface area contributed by atoms with Crippen molar-refractivity contribution in [2.24, 2.45) is 0 Å². The van der Waals surface area contributed by atoms with Gasteiger partial charge < -0.3 is 19.5 Å². The van der Waals surface area contributed by atoms with Crippen LogP contribution in [0.25, 0.3) is 0 Å². The van der Waals surface area contributed by atoms with Gasteiger partial charge in [0.15, 0.2) is 0 Å². The lowest BCUT2D eigenvalue weighted by molar-refractivity contribution is -0.162. The second-order valence-electron chi connectivity index (χ2n) is 6.80. The first kappa shape index (κ1) is 21.5. The number of hydrogen-bond acceptors (Lipinski definition) is 7. The van der Waals surface area contributed by atoms with Crippen LogP contribution in [0.15, 0.2) is 53.0 Å². The molecule has 1 aromatic carbocycles. The molecule has 0 unspecified atom stereocenters. The average molecular weight is 485 g/mol. The molecule has 3 aliphatic rings. The van der Waals surface area contributed by atoms with E-state index in [-0.39, 0.29) is 11.8 Å². The number of allylic oxidation sites excluding steroid dienone is 2. The lowest BCUT2D eigenvalue weighted by atomic mass is 9.93. The molecule has 2 fully saturated rings. The molecule has 30 heavy (non-hydrogen) atoms. The number of amides is 2. The number of hydrogen-bond donors (Lipinski definition) is 2. The highest BCUT2D eigenvalue weighted by atomic mass is 35.5. The number of carbonyl (C=O) groups is 3. The molecule has 7 nitrogen and oxygen atoms in total. The summed E-state index contributed by atoms with van der Waals surface area (Å²) in [5, 5.41) is 12.3. The van der Waals surface area contributed by atoms with Crippen molar-refractivity contribution in [1.29, 1.82) is 0 Å². The van der Waals surface area contributed by atoms with Gasteiger partial charge in [0.05, 0.1) is 21.0 Å². The Balaban J connectivity index is 1.54. The number of carbonyl (C=O) groups excluding carboxylic acids is 2. The van der Waals surface area contributed by atoms with Gasteiger partial charge in [0.25, 0.3) is 5.91 Å². The summed E-state index contributed by atoms with van der Waals surface area (Å²) >= 11 is 10.1. The third kappa shape index (κ3) is 3.81. The molecule has 0 bridgehead atoms. The van der Waals surface area contributed by atoms with E-state index in [1.54, 1.807) is 36.4 Å². The van der Waals surface area contributed by atoms with Crippen molar-refractivity contribution >= 4 is 65.0 Å². The van der Waals surface area contributed by atoms with Gasteiger partial charge in [-0.25, -0.2) is 4.79 Å². The minimum absolute atomic E-state index is 0.0424. The fourth-order valence-electron chi connectivity index (χ4n) is 3.52. The molecular weight excluding hydrogens is 468 g/mol. The summed E-state index contributed by atoms with van der Waals surface area (Å²) in [7, 11) is 0. The first-order valence-electron chi connectivity index (χ1n) is 8.94. The zero-order chi connectivity index (χ0) is 21.3. The molecule has 2 amide bonds. The van der Waals surface area contributed by atoms with Crippen molar-refractivity contribution in [3.05, 3.63) is 58.5 Å². The van der Waals surface area contributed by atoms with E-state index in [0.29, 0.717) is 11.3 Å². The largest absolute Gasteiger partial charge is 0.480 e. The summed E-state index contributed by atoms with van der Waals surface area (Å²) in [6, 6.07) is 6.71. The van der Waals surface area contributed by atoms with Crippen LogP contribution in [0.1, 0.15) is 10.4 Å². The smallest absolute Gasteiger partial charge is 0.328 e. The Morgan fingerprint density at radius 1 is 1.37 bits per heavy atom. The van der Waals surface area contributed by atoms with Crippen LogP contribution in [-0.2, 0) is 13.8 Å². The number of aliphatic carboxylic acids is 1. The van der Waals surface area contributed by atoms with Gasteiger partial charge in [-0.1, -0.05) is 18.2 Å². The zero-order valence-corrected chi connectivity index (χ0v) is 18.6. The zero-order valence-electron chi connectivity index (χ0n) is 15.4. The van der Waals surface area contributed by atoms with Crippen LogP contribution in [0, 0.1) is 0 Å².